The van der Waals surface area contributed by atoms with Gasteiger partial charge in [-0.25, -0.2) is 4.98 Å². The molecule has 2 atom stereocenters. The van der Waals surface area contributed by atoms with Crippen molar-refractivity contribution in [1.29, 1.82) is 0 Å². The number of rotatable bonds is 4. The fourth-order valence-corrected chi connectivity index (χ4v) is 3.85. The largest absolute Gasteiger partial charge is 0.351 e. The molecule has 1 unspecified atom stereocenters. The third-order valence-electron chi connectivity index (χ3n) is 5.54. The lowest BCUT2D eigenvalue weighted by Gasteiger charge is -2.24. The van der Waals surface area contributed by atoms with E-state index in [1.807, 2.05) is 13.1 Å². The van der Waals surface area contributed by atoms with Gasteiger partial charge in [-0.2, -0.15) is 0 Å². The molecule has 1 saturated heterocycles. The second-order valence-corrected chi connectivity index (χ2v) is 8.76. The summed E-state index contributed by atoms with van der Waals surface area (Å²) >= 11 is 0. The van der Waals surface area contributed by atoms with Crippen molar-refractivity contribution in [3.05, 3.63) is 46.8 Å². The average molecular weight is 422 g/mol. The van der Waals surface area contributed by atoms with E-state index >= 15 is 0 Å². The minimum atomic E-state index is -1.17. The van der Waals surface area contributed by atoms with Crippen molar-refractivity contribution in [2.45, 2.75) is 51.7 Å². The van der Waals surface area contributed by atoms with Crippen LogP contribution in [0.25, 0.3) is 0 Å². The Balaban J connectivity index is 1.71. The first-order valence-corrected chi connectivity index (χ1v) is 10.3. The lowest BCUT2D eigenvalue weighted by Crippen LogP contribution is -2.37. The lowest BCUT2D eigenvalue weighted by atomic mass is 9.89. The van der Waals surface area contributed by atoms with Crippen LogP contribution in [-0.4, -0.2) is 47.1 Å². The van der Waals surface area contributed by atoms with Gasteiger partial charge in [0.25, 0.3) is 5.91 Å². The van der Waals surface area contributed by atoms with E-state index in [1.165, 1.54) is 4.90 Å². The molecule has 2 aromatic heterocycles. The number of aliphatic hydroxyl groups is 1. The van der Waals surface area contributed by atoms with E-state index in [0.717, 1.165) is 17.0 Å². The van der Waals surface area contributed by atoms with Gasteiger partial charge in [-0.05, 0) is 25.2 Å². The number of carbonyl (C=O) groups is 1. The van der Waals surface area contributed by atoms with E-state index in [2.05, 4.69) is 37.0 Å². The maximum absolute atomic E-state index is 13.4. The summed E-state index contributed by atoms with van der Waals surface area (Å²) < 4.78 is 5.25. The van der Waals surface area contributed by atoms with Crippen LogP contribution in [0.1, 0.15) is 48.1 Å². The molecule has 2 aliphatic heterocycles. The lowest BCUT2D eigenvalue weighted by molar-refractivity contribution is -0.0577. The maximum Gasteiger partial charge on any atom is 0.260 e. The fraction of sp³-hybridized carbons (Fsp3) is 0.435. The monoisotopic (exact) mass is 421 g/mol. The number of anilines is 2. The Morgan fingerprint density at radius 3 is 2.74 bits per heavy atom. The molecule has 8 nitrogen and oxygen atoms in total. The molecule has 0 saturated carbocycles. The maximum atomic E-state index is 13.4. The molecule has 2 aromatic rings. The van der Waals surface area contributed by atoms with Crippen LogP contribution >= 0.6 is 0 Å². The summed E-state index contributed by atoms with van der Waals surface area (Å²) in [6.07, 6.45) is 4.40. The molecule has 0 spiro atoms. The van der Waals surface area contributed by atoms with Gasteiger partial charge >= 0.3 is 0 Å². The highest BCUT2D eigenvalue weighted by Crippen LogP contribution is 2.33. The second kappa shape index (κ2) is 7.93. The summed E-state index contributed by atoms with van der Waals surface area (Å²) in [5.41, 5.74) is 3.13. The number of fused-ring (bicyclic) bond motifs is 1. The number of pyridine rings is 2. The number of aromatic nitrogens is 2. The van der Waals surface area contributed by atoms with E-state index in [9.17, 15) is 9.90 Å². The summed E-state index contributed by atoms with van der Waals surface area (Å²) in [6.45, 7) is 7.42. The third-order valence-corrected chi connectivity index (χ3v) is 5.54. The van der Waals surface area contributed by atoms with E-state index < -0.39 is 12.5 Å². The average Bonchev–Trinajstić information content (AvgIpc) is 3.27. The first kappa shape index (κ1) is 21.2. The second-order valence-electron chi connectivity index (χ2n) is 8.76. The highest BCUT2D eigenvalue weighted by atomic mass is 16.6. The number of aliphatic hydroxyl groups excluding tert-OH is 1. The smallest absolute Gasteiger partial charge is 0.260 e. The molecule has 4 rings (SSSR count). The quantitative estimate of drug-likeness (QED) is 0.727. The Hall–Kier alpha value is -2.99. The van der Waals surface area contributed by atoms with Crippen molar-refractivity contribution in [3.63, 3.8) is 0 Å². The van der Waals surface area contributed by atoms with E-state index in [4.69, 9.17) is 16.1 Å². The van der Waals surface area contributed by atoms with Gasteiger partial charge in [-0.1, -0.05) is 32.8 Å². The molecule has 2 N–H and O–H groups in total. The Labute approximate surface area is 182 Å². The summed E-state index contributed by atoms with van der Waals surface area (Å²) in [5, 5.41) is 13.3. The van der Waals surface area contributed by atoms with Crippen molar-refractivity contribution in [1.82, 2.24) is 15.3 Å². The zero-order valence-electron chi connectivity index (χ0n) is 18.2. The van der Waals surface area contributed by atoms with Gasteiger partial charge in [0.2, 0.25) is 6.41 Å². The molecule has 0 aromatic carbocycles. The van der Waals surface area contributed by atoms with E-state index in [-0.39, 0.29) is 17.9 Å². The van der Waals surface area contributed by atoms with Crippen molar-refractivity contribution in [2.24, 2.45) is 0 Å². The van der Waals surface area contributed by atoms with Crippen LogP contribution < -0.4 is 15.1 Å². The number of amides is 1. The predicted octanol–water partition coefficient (Wildman–Crippen LogP) is 1.77. The summed E-state index contributed by atoms with van der Waals surface area (Å²) in [6, 6.07) is 6.78. The zero-order valence-corrected chi connectivity index (χ0v) is 18.2. The first-order chi connectivity index (χ1) is 14.7. The van der Waals surface area contributed by atoms with Crippen molar-refractivity contribution < 1.29 is 14.6 Å². The Morgan fingerprint density at radius 1 is 1.32 bits per heavy atom. The first-order valence-electron chi connectivity index (χ1n) is 10.3. The molecule has 1 amide bonds. The number of hydrogen-bond donors (Lipinski definition) is 2. The summed E-state index contributed by atoms with van der Waals surface area (Å²) in [5.74, 6) is 3.43. The van der Waals surface area contributed by atoms with Gasteiger partial charge in [0.15, 0.2) is 0 Å². The minimum absolute atomic E-state index is 0.114. The standard InChI is InChI=1S/C23H27N5O3/c1-6-14-13-31-22(30)28(14)20-9-7-8-19(26-20)27-12-16-15(21(27)29)10-18(23(2,3)4)25-17(16)11-24-5/h1,7-10,14,22,24,30H,11-13H2,2-5H3/t14-,22?/m0/s1. The third kappa shape index (κ3) is 3.76. The number of hydrogen-bond acceptors (Lipinski definition) is 7. The predicted molar refractivity (Wildman–Crippen MR) is 118 cm³/mol. The van der Waals surface area contributed by atoms with E-state index in [1.54, 1.807) is 23.1 Å². The summed E-state index contributed by atoms with van der Waals surface area (Å²) in [7, 11) is 1.86. The normalized spacial score (nSPS) is 20.8. The summed E-state index contributed by atoms with van der Waals surface area (Å²) in [4.78, 5) is 26.0. The Bertz CT molecular complexity index is 1060. The van der Waals surface area contributed by atoms with Gasteiger partial charge in [0.05, 0.1) is 18.8 Å². The minimum Gasteiger partial charge on any atom is -0.351 e. The Kier molecular flexibility index (Phi) is 5.43. The highest BCUT2D eigenvalue weighted by Gasteiger charge is 2.36. The Morgan fingerprint density at radius 2 is 2.06 bits per heavy atom. The molecular formula is C23H27N5O3. The van der Waals surface area contributed by atoms with Crippen LogP contribution in [0.4, 0.5) is 11.6 Å². The van der Waals surface area contributed by atoms with E-state index in [0.29, 0.717) is 30.3 Å². The molecule has 0 bridgehead atoms. The number of carbonyl (C=O) groups excluding carboxylic acids is 1. The van der Waals surface area contributed by atoms with Crippen molar-refractivity contribution in [3.8, 4) is 12.3 Å². The van der Waals surface area contributed by atoms with Gasteiger partial charge in [-0.3, -0.25) is 19.6 Å². The van der Waals surface area contributed by atoms with Gasteiger partial charge < -0.3 is 15.2 Å². The molecule has 162 valence electrons. The SMILES string of the molecule is C#C[C@H]1COC(O)N1c1cccc(N2Cc3c(cc(C(C)(C)C)nc3CNC)C2=O)n1. The molecule has 0 aliphatic carbocycles. The highest BCUT2D eigenvalue weighted by molar-refractivity contribution is 6.09. The van der Waals surface area contributed by atoms with Crippen LogP contribution in [0.5, 0.6) is 0 Å². The van der Waals surface area contributed by atoms with Crippen LogP contribution in [0, 0.1) is 12.3 Å². The molecule has 2 aliphatic rings. The van der Waals surface area contributed by atoms with Crippen molar-refractivity contribution >= 4 is 17.5 Å². The molecular weight excluding hydrogens is 394 g/mol. The topological polar surface area (TPSA) is 90.8 Å². The molecule has 4 heterocycles. The molecule has 8 heteroatoms. The van der Waals surface area contributed by atoms with Crippen LogP contribution in [0.3, 0.4) is 0 Å². The van der Waals surface area contributed by atoms with Crippen LogP contribution in [0.15, 0.2) is 24.3 Å². The number of nitrogens with zero attached hydrogens (tertiary/aromatic N) is 4. The van der Waals surface area contributed by atoms with Gasteiger partial charge in [-0.15, -0.1) is 6.42 Å². The van der Waals surface area contributed by atoms with Gasteiger partial charge in [0, 0.05) is 28.8 Å². The molecule has 1 fully saturated rings. The van der Waals surface area contributed by atoms with Crippen molar-refractivity contribution in [2.75, 3.05) is 23.5 Å². The van der Waals surface area contributed by atoms with Crippen LogP contribution in [-0.2, 0) is 23.2 Å². The van der Waals surface area contributed by atoms with Gasteiger partial charge in [0.1, 0.15) is 17.7 Å². The fourth-order valence-electron chi connectivity index (χ4n) is 3.85. The van der Waals surface area contributed by atoms with Crippen LogP contribution in [0.2, 0.25) is 0 Å². The number of terminal acetylenes is 1. The molecule has 0 radical (unpaired) electrons. The zero-order chi connectivity index (χ0) is 22.3. The molecule has 31 heavy (non-hydrogen) atoms. The number of nitrogens with one attached hydrogen (secondary N) is 1. The number of ether oxygens (including phenoxy) is 1.